The minimum atomic E-state index is -2.34. The van der Waals surface area contributed by atoms with Crippen LogP contribution >= 0.6 is 11.8 Å². The highest BCUT2D eigenvalue weighted by Gasteiger charge is 2.20. The second-order valence-electron chi connectivity index (χ2n) is 4.85. The Kier molecular flexibility index (Phi) is 5.66. The zero-order valence-corrected chi connectivity index (χ0v) is 11.9. The van der Waals surface area contributed by atoms with E-state index in [4.69, 9.17) is 4.42 Å². The number of rotatable bonds is 7. The maximum absolute atomic E-state index is 12.0. The summed E-state index contributed by atoms with van der Waals surface area (Å²) in [6, 6.07) is 4.23. The van der Waals surface area contributed by atoms with Crippen molar-refractivity contribution in [1.29, 1.82) is 0 Å². The second kappa shape index (κ2) is 7.26. The van der Waals surface area contributed by atoms with Crippen LogP contribution in [-0.4, -0.2) is 36.8 Å². The van der Waals surface area contributed by atoms with Gasteiger partial charge in [0.15, 0.2) is 0 Å². The van der Waals surface area contributed by atoms with Crippen molar-refractivity contribution in [2.45, 2.75) is 36.9 Å². The lowest BCUT2D eigenvalue weighted by Crippen LogP contribution is -2.35. The third-order valence-electron chi connectivity index (χ3n) is 3.42. The number of hydrogen-bond donors (Lipinski definition) is 1. The summed E-state index contributed by atoms with van der Waals surface area (Å²) in [6.07, 6.45) is 2.50. The molecular formula is C13H20F2N2OS. The molecule has 0 aliphatic carbocycles. The molecule has 1 saturated heterocycles. The zero-order valence-electron chi connectivity index (χ0n) is 11.1. The molecule has 1 aromatic rings. The first-order chi connectivity index (χ1) is 9.15. The highest BCUT2D eigenvalue weighted by atomic mass is 32.2. The van der Waals surface area contributed by atoms with E-state index in [9.17, 15) is 8.78 Å². The Balaban J connectivity index is 1.68. The molecule has 2 rings (SSSR count). The van der Waals surface area contributed by atoms with Crippen LogP contribution in [0.25, 0.3) is 0 Å². The maximum atomic E-state index is 12.0. The number of nitrogens with zero attached hydrogens (tertiary/aromatic N) is 1. The van der Waals surface area contributed by atoms with E-state index in [0.717, 1.165) is 12.3 Å². The average molecular weight is 290 g/mol. The van der Waals surface area contributed by atoms with E-state index in [1.54, 1.807) is 6.07 Å². The molecule has 0 bridgehead atoms. The number of likely N-dealkylation sites (N-methyl/N-ethyl adjacent to an activating group) is 1. The van der Waals surface area contributed by atoms with Crippen molar-refractivity contribution < 1.29 is 13.2 Å². The van der Waals surface area contributed by atoms with Crippen LogP contribution in [0.2, 0.25) is 0 Å². The summed E-state index contributed by atoms with van der Waals surface area (Å²) in [4.78, 5) is 2.36. The molecule has 0 saturated carbocycles. The first-order valence-electron chi connectivity index (χ1n) is 6.53. The van der Waals surface area contributed by atoms with Crippen LogP contribution in [0.15, 0.2) is 16.5 Å². The van der Waals surface area contributed by atoms with Crippen LogP contribution in [-0.2, 0) is 12.3 Å². The number of furan rings is 1. The van der Waals surface area contributed by atoms with E-state index in [2.05, 4.69) is 17.3 Å². The molecule has 1 N–H and O–H groups in total. The van der Waals surface area contributed by atoms with Gasteiger partial charge in [0, 0.05) is 12.6 Å². The smallest absolute Gasteiger partial charge is 0.284 e. The van der Waals surface area contributed by atoms with Crippen LogP contribution in [0.5, 0.6) is 0 Å². The highest BCUT2D eigenvalue weighted by molar-refractivity contribution is 7.98. The van der Waals surface area contributed by atoms with Gasteiger partial charge in [0.05, 0.1) is 12.3 Å². The summed E-state index contributed by atoms with van der Waals surface area (Å²) in [6.45, 7) is 2.77. The maximum Gasteiger partial charge on any atom is 0.284 e. The van der Waals surface area contributed by atoms with Gasteiger partial charge in [-0.3, -0.25) is 0 Å². The Morgan fingerprint density at radius 2 is 2.26 bits per heavy atom. The molecule has 0 spiro atoms. The first kappa shape index (κ1) is 14.8. The quantitative estimate of drug-likeness (QED) is 0.836. The van der Waals surface area contributed by atoms with Gasteiger partial charge >= 0.3 is 0 Å². The fourth-order valence-electron chi connectivity index (χ4n) is 2.34. The van der Waals surface area contributed by atoms with Crippen LogP contribution in [0, 0.1) is 0 Å². The molecule has 1 aromatic heterocycles. The molecular weight excluding hydrogens is 270 g/mol. The number of likely N-dealkylation sites (tertiary alicyclic amines) is 1. The van der Waals surface area contributed by atoms with Crippen molar-refractivity contribution in [3.63, 3.8) is 0 Å². The summed E-state index contributed by atoms with van der Waals surface area (Å²) in [5.74, 6) is -0.696. The molecule has 6 heteroatoms. The summed E-state index contributed by atoms with van der Waals surface area (Å²) < 4.78 is 29.6. The molecule has 0 aromatic carbocycles. The van der Waals surface area contributed by atoms with Crippen molar-refractivity contribution in [1.82, 2.24) is 10.2 Å². The van der Waals surface area contributed by atoms with Gasteiger partial charge in [-0.2, -0.15) is 8.78 Å². The molecule has 0 radical (unpaired) electrons. The van der Waals surface area contributed by atoms with E-state index >= 15 is 0 Å². The van der Waals surface area contributed by atoms with Crippen LogP contribution in [0.4, 0.5) is 8.78 Å². The fraction of sp³-hybridized carbons (Fsp3) is 0.692. The summed E-state index contributed by atoms with van der Waals surface area (Å²) in [5, 5.41) is 3.36. The Labute approximate surface area is 116 Å². The lowest BCUT2D eigenvalue weighted by Gasteiger charge is -2.19. The molecule has 108 valence electrons. The third kappa shape index (κ3) is 4.78. The molecule has 19 heavy (non-hydrogen) atoms. The Morgan fingerprint density at radius 1 is 1.47 bits per heavy atom. The second-order valence-corrected chi connectivity index (χ2v) is 5.83. The molecule has 3 nitrogen and oxygen atoms in total. The van der Waals surface area contributed by atoms with E-state index < -0.39 is 5.76 Å². The topological polar surface area (TPSA) is 28.4 Å². The van der Waals surface area contributed by atoms with Gasteiger partial charge in [0.25, 0.3) is 5.76 Å². The molecule has 1 unspecified atom stereocenters. The summed E-state index contributed by atoms with van der Waals surface area (Å²) >= 11 is 0.588. The number of halogens is 2. The van der Waals surface area contributed by atoms with Gasteiger partial charge in [-0.1, -0.05) is 11.8 Å². The molecule has 2 heterocycles. The van der Waals surface area contributed by atoms with E-state index in [0.29, 0.717) is 30.1 Å². The molecule has 1 aliphatic rings. The first-order valence-corrected chi connectivity index (χ1v) is 7.58. The number of thioether (sulfide) groups is 1. The molecule has 1 fully saturated rings. The largest absolute Gasteiger partial charge is 0.464 e. The molecule has 0 amide bonds. The number of alkyl halides is 2. The number of hydrogen-bond acceptors (Lipinski definition) is 4. The molecule has 1 aliphatic heterocycles. The van der Waals surface area contributed by atoms with E-state index in [1.807, 2.05) is 6.07 Å². The standard InChI is InChI=1S/C13H20F2N2OS/c1-17-6-2-3-10(17)7-16-8-11-4-5-12(18-11)9-19-13(14)15/h4-5,10,13,16H,2-3,6-9H2,1H3. The fourth-order valence-corrected chi connectivity index (χ4v) is 2.78. The monoisotopic (exact) mass is 290 g/mol. The summed E-state index contributed by atoms with van der Waals surface area (Å²) in [7, 11) is 2.14. The molecule has 1 atom stereocenters. The minimum absolute atomic E-state index is 0.225. The van der Waals surface area contributed by atoms with Gasteiger partial charge < -0.3 is 14.6 Å². The van der Waals surface area contributed by atoms with Crippen molar-refractivity contribution >= 4 is 11.8 Å². The number of nitrogens with one attached hydrogen (secondary N) is 1. The van der Waals surface area contributed by atoms with Gasteiger partial charge in [0.1, 0.15) is 11.5 Å². The summed E-state index contributed by atoms with van der Waals surface area (Å²) in [5.41, 5.74) is 0. The van der Waals surface area contributed by atoms with E-state index in [-0.39, 0.29) is 5.75 Å². The lowest BCUT2D eigenvalue weighted by molar-refractivity contribution is 0.251. The van der Waals surface area contributed by atoms with Gasteiger partial charge in [-0.25, -0.2) is 0 Å². The zero-order chi connectivity index (χ0) is 13.7. The van der Waals surface area contributed by atoms with Crippen LogP contribution < -0.4 is 5.32 Å². The SMILES string of the molecule is CN1CCCC1CNCc1ccc(CSC(F)F)o1. The average Bonchev–Trinajstić information content (AvgIpc) is 2.97. The predicted molar refractivity (Wildman–Crippen MR) is 73.4 cm³/mol. The normalized spacial score (nSPS) is 20.5. The Bertz CT molecular complexity index is 386. The van der Waals surface area contributed by atoms with Gasteiger partial charge in [0.2, 0.25) is 0 Å². The van der Waals surface area contributed by atoms with Crippen molar-refractivity contribution in [3.05, 3.63) is 23.7 Å². The van der Waals surface area contributed by atoms with Crippen LogP contribution in [0.3, 0.4) is 0 Å². The van der Waals surface area contributed by atoms with Gasteiger partial charge in [-0.05, 0) is 38.6 Å². The Hall–Kier alpha value is -0.590. The van der Waals surface area contributed by atoms with Gasteiger partial charge in [-0.15, -0.1) is 0 Å². The Morgan fingerprint density at radius 3 is 2.95 bits per heavy atom. The van der Waals surface area contributed by atoms with Crippen LogP contribution in [0.1, 0.15) is 24.4 Å². The highest BCUT2D eigenvalue weighted by Crippen LogP contribution is 2.21. The third-order valence-corrected chi connectivity index (χ3v) is 4.12. The predicted octanol–water partition coefficient (Wildman–Crippen LogP) is 2.92. The minimum Gasteiger partial charge on any atom is -0.464 e. The van der Waals surface area contributed by atoms with E-state index in [1.165, 1.54) is 19.4 Å². The van der Waals surface area contributed by atoms with Crippen molar-refractivity contribution in [2.75, 3.05) is 20.1 Å². The van der Waals surface area contributed by atoms with Crippen molar-refractivity contribution in [2.24, 2.45) is 0 Å². The van der Waals surface area contributed by atoms with Crippen molar-refractivity contribution in [3.8, 4) is 0 Å². The lowest BCUT2D eigenvalue weighted by atomic mass is 10.2.